The highest BCUT2D eigenvalue weighted by Gasteiger charge is 2.48. The summed E-state index contributed by atoms with van der Waals surface area (Å²) in [6.45, 7) is 6.97. The number of thiophene rings is 1. The van der Waals surface area contributed by atoms with Crippen LogP contribution >= 0.6 is 11.3 Å². The van der Waals surface area contributed by atoms with Gasteiger partial charge in [0.25, 0.3) is 5.91 Å². The first-order valence-electron chi connectivity index (χ1n) is 12.6. The van der Waals surface area contributed by atoms with Crippen LogP contribution in [0.4, 0.5) is 0 Å². The Bertz CT molecular complexity index is 987. The predicted molar refractivity (Wildman–Crippen MR) is 131 cm³/mol. The van der Waals surface area contributed by atoms with Crippen molar-refractivity contribution in [2.24, 2.45) is 0 Å². The van der Waals surface area contributed by atoms with Crippen LogP contribution in [0.5, 0.6) is 0 Å². The summed E-state index contributed by atoms with van der Waals surface area (Å²) in [7, 11) is 0. The zero-order valence-electron chi connectivity index (χ0n) is 19.7. The second-order valence-electron chi connectivity index (χ2n) is 9.99. The molecule has 1 aliphatic carbocycles. The van der Waals surface area contributed by atoms with E-state index < -0.39 is 5.54 Å². The van der Waals surface area contributed by atoms with Gasteiger partial charge in [0.1, 0.15) is 11.2 Å². The van der Waals surface area contributed by atoms with E-state index in [9.17, 15) is 9.59 Å². The minimum Gasteiger partial charge on any atom is -0.379 e. The SMILES string of the molecule is C[C@@]1(C(=O)NC2CCCCCCC2)Cn2c(cc3sccc32)C(=O)N1CCN1CCOCC1. The van der Waals surface area contributed by atoms with Crippen LogP contribution in [0.1, 0.15) is 62.4 Å². The Hall–Kier alpha value is -1.90. The Morgan fingerprint density at radius 3 is 2.64 bits per heavy atom. The smallest absolute Gasteiger partial charge is 0.271 e. The van der Waals surface area contributed by atoms with Crippen molar-refractivity contribution in [2.75, 3.05) is 39.4 Å². The lowest BCUT2D eigenvalue weighted by Gasteiger charge is -2.45. The van der Waals surface area contributed by atoms with Crippen LogP contribution < -0.4 is 5.32 Å². The number of fused-ring (bicyclic) bond motifs is 3. The van der Waals surface area contributed by atoms with E-state index in [1.165, 1.54) is 32.1 Å². The number of amides is 2. The van der Waals surface area contributed by atoms with Crippen molar-refractivity contribution in [1.82, 2.24) is 19.7 Å². The Morgan fingerprint density at radius 1 is 1.15 bits per heavy atom. The lowest BCUT2D eigenvalue weighted by Crippen LogP contribution is -2.65. The highest BCUT2D eigenvalue weighted by Crippen LogP contribution is 2.34. The fourth-order valence-corrected chi connectivity index (χ4v) is 6.45. The summed E-state index contributed by atoms with van der Waals surface area (Å²) in [5.74, 6) is -0.0423. The van der Waals surface area contributed by atoms with Gasteiger partial charge in [-0.05, 0) is 37.3 Å². The van der Waals surface area contributed by atoms with E-state index in [1.54, 1.807) is 11.3 Å². The Balaban J connectivity index is 1.40. The van der Waals surface area contributed by atoms with Gasteiger partial charge < -0.3 is 19.5 Å². The molecule has 1 saturated carbocycles. The molecule has 2 aromatic rings. The van der Waals surface area contributed by atoms with Gasteiger partial charge in [-0.2, -0.15) is 0 Å². The molecule has 0 bridgehead atoms. The highest BCUT2D eigenvalue weighted by atomic mass is 32.1. The van der Waals surface area contributed by atoms with Crippen molar-refractivity contribution in [1.29, 1.82) is 0 Å². The van der Waals surface area contributed by atoms with Crippen LogP contribution in [-0.2, 0) is 16.1 Å². The molecule has 180 valence electrons. The summed E-state index contributed by atoms with van der Waals surface area (Å²) in [5.41, 5.74) is 0.850. The normalized spacial score (nSPS) is 25.6. The first-order chi connectivity index (χ1) is 16.1. The largest absolute Gasteiger partial charge is 0.379 e. The number of carbonyl (C=O) groups is 2. The summed E-state index contributed by atoms with van der Waals surface area (Å²) >= 11 is 1.65. The lowest BCUT2D eigenvalue weighted by atomic mass is 9.92. The standard InChI is InChI=1S/C25H36N4O3S/c1-25(24(31)26-19-7-5-3-2-4-6-8-19)18-28-20-9-16-33-22(20)17-21(28)23(30)29(25)11-10-27-12-14-32-15-13-27/h9,16-17,19H,2-8,10-15,18H2,1H3,(H,26,31)/t25-/m0/s1. The lowest BCUT2D eigenvalue weighted by molar-refractivity contribution is -0.134. The van der Waals surface area contributed by atoms with Crippen LogP contribution in [-0.4, -0.2) is 77.2 Å². The zero-order chi connectivity index (χ0) is 22.8. The quantitative estimate of drug-likeness (QED) is 0.724. The maximum absolute atomic E-state index is 13.9. The molecule has 8 heteroatoms. The summed E-state index contributed by atoms with van der Waals surface area (Å²) < 4.78 is 8.65. The van der Waals surface area contributed by atoms with Gasteiger partial charge in [0.2, 0.25) is 5.91 Å². The molecule has 7 nitrogen and oxygen atoms in total. The maximum Gasteiger partial charge on any atom is 0.271 e. The molecule has 5 rings (SSSR count). The van der Waals surface area contributed by atoms with Crippen molar-refractivity contribution >= 4 is 33.4 Å². The molecule has 0 radical (unpaired) electrons. The summed E-state index contributed by atoms with van der Waals surface area (Å²) in [5, 5.41) is 5.43. The molecule has 3 aliphatic rings. The molecule has 1 saturated heterocycles. The van der Waals surface area contributed by atoms with Gasteiger partial charge in [-0.25, -0.2) is 0 Å². The first kappa shape index (κ1) is 22.9. The number of morpholine rings is 1. The van der Waals surface area contributed by atoms with Crippen LogP contribution in [0.25, 0.3) is 10.2 Å². The minimum absolute atomic E-state index is 0.00821. The van der Waals surface area contributed by atoms with E-state index in [4.69, 9.17) is 4.74 Å². The van der Waals surface area contributed by atoms with Gasteiger partial charge in [-0.15, -0.1) is 11.3 Å². The van der Waals surface area contributed by atoms with Crippen LogP contribution in [0, 0.1) is 0 Å². The Labute approximate surface area is 200 Å². The molecule has 4 heterocycles. The van der Waals surface area contributed by atoms with Crippen LogP contribution in [0.2, 0.25) is 0 Å². The maximum atomic E-state index is 13.9. The van der Waals surface area contributed by atoms with Crippen molar-refractivity contribution in [2.45, 2.75) is 70.0 Å². The topological polar surface area (TPSA) is 66.8 Å². The third kappa shape index (κ3) is 4.57. The van der Waals surface area contributed by atoms with Crippen LogP contribution in [0.3, 0.4) is 0 Å². The fourth-order valence-electron chi connectivity index (χ4n) is 5.63. The van der Waals surface area contributed by atoms with E-state index in [0.717, 1.165) is 55.9 Å². The van der Waals surface area contributed by atoms with E-state index >= 15 is 0 Å². The molecule has 33 heavy (non-hydrogen) atoms. The number of carbonyl (C=O) groups excluding carboxylic acids is 2. The molecule has 2 fully saturated rings. The second-order valence-corrected chi connectivity index (χ2v) is 10.9. The van der Waals surface area contributed by atoms with E-state index in [0.29, 0.717) is 18.8 Å². The Kier molecular flexibility index (Phi) is 6.77. The van der Waals surface area contributed by atoms with Crippen LogP contribution in [0.15, 0.2) is 17.5 Å². The van der Waals surface area contributed by atoms with E-state index in [-0.39, 0.29) is 17.9 Å². The minimum atomic E-state index is -0.910. The summed E-state index contributed by atoms with van der Waals surface area (Å²) in [4.78, 5) is 31.8. The van der Waals surface area contributed by atoms with E-state index in [2.05, 4.69) is 26.2 Å². The molecular weight excluding hydrogens is 436 g/mol. The summed E-state index contributed by atoms with van der Waals surface area (Å²) in [6, 6.07) is 4.27. The fraction of sp³-hybridized carbons (Fsp3) is 0.680. The molecule has 2 aromatic heterocycles. The van der Waals surface area contributed by atoms with Crippen molar-refractivity contribution in [3.05, 3.63) is 23.2 Å². The number of hydrogen-bond donors (Lipinski definition) is 1. The number of rotatable bonds is 5. The number of ether oxygens (including phenoxy) is 1. The van der Waals surface area contributed by atoms with E-state index in [1.807, 2.05) is 17.9 Å². The van der Waals surface area contributed by atoms with Crippen molar-refractivity contribution in [3.63, 3.8) is 0 Å². The Morgan fingerprint density at radius 2 is 1.88 bits per heavy atom. The number of hydrogen-bond acceptors (Lipinski definition) is 5. The number of aromatic nitrogens is 1. The molecular formula is C25H36N4O3S. The average Bonchev–Trinajstić information content (AvgIpc) is 3.38. The highest BCUT2D eigenvalue weighted by molar-refractivity contribution is 7.17. The first-order valence-corrected chi connectivity index (χ1v) is 13.4. The van der Waals surface area contributed by atoms with Gasteiger partial charge in [0.15, 0.2) is 0 Å². The molecule has 0 spiro atoms. The van der Waals surface area contributed by atoms with Crippen molar-refractivity contribution < 1.29 is 14.3 Å². The molecule has 1 N–H and O–H groups in total. The van der Waals surface area contributed by atoms with Gasteiger partial charge in [0, 0.05) is 32.2 Å². The second kappa shape index (κ2) is 9.76. The average molecular weight is 473 g/mol. The predicted octanol–water partition coefficient (Wildman–Crippen LogP) is 3.48. The van der Waals surface area contributed by atoms with Gasteiger partial charge >= 0.3 is 0 Å². The molecule has 2 aliphatic heterocycles. The van der Waals surface area contributed by atoms with Gasteiger partial charge in [-0.1, -0.05) is 32.1 Å². The third-order valence-corrected chi connectivity index (χ3v) is 8.57. The number of nitrogens with zero attached hydrogens (tertiary/aromatic N) is 3. The monoisotopic (exact) mass is 472 g/mol. The third-order valence-electron chi connectivity index (χ3n) is 7.72. The molecule has 0 unspecified atom stereocenters. The molecule has 2 amide bonds. The van der Waals surface area contributed by atoms with Gasteiger partial charge in [0.05, 0.1) is 30.0 Å². The molecule has 0 aromatic carbocycles. The number of nitrogens with one attached hydrogen (secondary N) is 1. The molecule has 1 atom stereocenters. The van der Waals surface area contributed by atoms with Crippen molar-refractivity contribution in [3.8, 4) is 0 Å². The van der Waals surface area contributed by atoms with Gasteiger partial charge in [-0.3, -0.25) is 14.5 Å². The summed E-state index contributed by atoms with van der Waals surface area (Å²) in [6.07, 6.45) is 8.19. The zero-order valence-corrected chi connectivity index (χ0v) is 20.5.